The van der Waals surface area contributed by atoms with E-state index in [1.165, 1.54) is 0 Å². The fourth-order valence-electron chi connectivity index (χ4n) is 1.83. The molecule has 1 N–H and O–H groups in total. The molecule has 4 nitrogen and oxygen atoms in total. The van der Waals surface area contributed by atoms with E-state index in [-0.39, 0.29) is 0 Å². The van der Waals surface area contributed by atoms with Crippen molar-refractivity contribution in [2.75, 3.05) is 11.1 Å². The summed E-state index contributed by atoms with van der Waals surface area (Å²) in [6, 6.07) is 8.19. The summed E-state index contributed by atoms with van der Waals surface area (Å²) in [5.74, 6) is 0.959. The first-order valence-corrected chi connectivity index (χ1v) is 7.10. The summed E-state index contributed by atoms with van der Waals surface area (Å²) in [5.41, 5.74) is 2.70. The number of hydrogen-bond acceptors (Lipinski definition) is 4. The van der Waals surface area contributed by atoms with E-state index in [2.05, 4.69) is 23.4 Å². The maximum absolute atomic E-state index is 9.31. The van der Waals surface area contributed by atoms with Crippen molar-refractivity contribution < 1.29 is 0 Å². The molecule has 0 unspecified atom stereocenters. The topological polar surface area (TPSA) is 53.6 Å². The first-order valence-electron chi connectivity index (χ1n) is 6.12. The molecular formula is C14H16N4S. The van der Waals surface area contributed by atoms with E-state index < -0.39 is 0 Å². The molecule has 0 radical (unpaired) electrons. The molecule has 1 heterocycles. The van der Waals surface area contributed by atoms with Crippen LogP contribution < -0.4 is 5.32 Å². The molecule has 2 rings (SSSR count). The lowest BCUT2D eigenvalue weighted by molar-refractivity contribution is 0.767. The summed E-state index contributed by atoms with van der Waals surface area (Å²) in [7, 11) is 1.89. The number of nitriles is 1. The van der Waals surface area contributed by atoms with E-state index in [0.717, 1.165) is 27.5 Å². The largest absolute Gasteiger partial charge is 0.380 e. The molecule has 1 aromatic carbocycles. The molecule has 0 amide bonds. The number of benzene rings is 1. The molecule has 98 valence electrons. The van der Waals surface area contributed by atoms with Crippen LogP contribution in [0.15, 0.2) is 35.5 Å². The van der Waals surface area contributed by atoms with Crippen molar-refractivity contribution in [3.05, 3.63) is 41.7 Å². The molecule has 0 spiro atoms. The molecule has 0 fully saturated rings. The van der Waals surface area contributed by atoms with Gasteiger partial charge in [-0.05, 0) is 17.9 Å². The van der Waals surface area contributed by atoms with Crippen molar-refractivity contribution in [3.63, 3.8) is 0 Å². The lowest BCUT2D eigenvalue weighted by atomic mass is 10.2. The second-order valence-corrected chi connectivity index (χ2v) is 5.41. The van der Waals surface area contributed by atoms with Crippen molar-refractivity contribution in [2.24, 2.45) is 7.05 Å². The number of nitrogens with one attached hydrogen (secondary N) is 1. The third-order valence-electron chi connectivity index (χ3n) is 2.68. The number of anilines is 1. The van der Waals surface area contributed by atoms with Gasteiger partial charge in [-0.3, -0.25) is 4.68 Å². The second kappa shape index (κ2) is 6.30. The van der Waals surface area contributed by atoms with Crippen LogP contribution in [0, 0.1) is 11.3 Å². The molecule has 0 atom stereocenters. The zero-order valence-electron chi connectivity index (χ0n) is 11.1. The maximum atomic E-state index is 9.31. The van der Waals surface area contributed by atoms with Crippen LogP contribution in [0.5, 0.6) is 0 Å². The van der Waals surface area contributed by atoms with Crippen molar-refractivity contribution >= 4 is 17.4 Å². The van der Waals surface area contributed by atoms with E-state index in [0.29, 0.717) is 6.54 Å². The molecular weight excluding hydrogens is 256 g/mol. The number of aryl methyl sites for hydroxylation is 1. The zero-order valence-corrected chi connectivity index (χ0v) is 11.9. The Labute approximate surface area is 117 Å². The van der Waals surface area contributed by atoms with Gasteiger partial charge in [0.25, 0.3) is 0 Å². The quantitative estimate of drug-likeness (QED) is 0.850. The minimum absolute atomic E-state index is 0.669. The monoisotopic (exact) mass is 272 g/mol. The Morgan fingerprint density at radius 1 is 1.47 bits per heavy atom. The van der Waals surface area contributed by atoms with E-state index in [1.54, 1.807) is 16.4 Å². The number of aromatic nitrogens is 2. The molecule has 0 saturated heterocycles. The van der Waals surface area contributed by atoms with Gasteiger partial charge in [-0.15, -0.1) is 11.8 Å². The Kier molecular flexibility index (Phi) is 4.48. The normalized spacial score (nSPS) is 10.2. The first-order chi connectivity index (χ1) is 9.24. The van der Waals surface area contributed by atoms with Gasteiger partial charge in [0.2, 0.25) is 0 Å². The Balaban J connectivity index is 2.16. The highest BCUT2D eigenvalue weighted by Gasteiger charge is 2.08. The summed E-state index contributed by atoms with van der Waals surface area (Å²) in [6.45, 7) is 2.75. The highest BCUT2D eigenvalue weighted by molar-refractivity contribution is 7.99. The molecule has 0 aliphatic heterocycles. The van der Waals surface area contributed by atoms with Gasteiger partial charge in [-0.25, -0.2) is 0 Å². The number of rotatable bonds is 5. The van der Waals surface area contributed by atoms with Gasteiger partial charge >= 0.3 is 0 Å². The Morgan fingerprint density at radius 3 is 2.95 bits per heavy atom. The molecule has 0 bridgehead atoms. The molecule has 0 aliphatic carbocycles. The van der Waals surface area contributed by atoms with Crippen LogP contribution >= 0.6 is 11.8 Å². The number of thioether (sulfide) groups is 1. The van der Waals surface area contributed by atoms with Gasteiger partial charge in [0.15, 0.2) is 0 Å². The average Bonchev–Trinajstić information content (AvgIpc) is 2.83. The molecule has 5 heteroatoms. The Morgan fingerprint density at radius 2 is 2.32 bits per heavy atom. The summed E-state index contributed by atoms with van der Waals surface area (Å²) in [4.78, 5) is 1.03. The highest BCUT2D eigenvalue weighted by Crippen LogP contribution is 2.28. The maximum Gasteiger partial charge on any atom is 0.102 e. The fraction of sp³-hybridized carbons (Fsp3) is 0.286. The second-order valence-electron chi connectivity index (χ2n) is 4.10. The van der Waals surface area contributed by atoms with Crippen LogP contribution in [0.25, 0.3) is 0 Å². The molecule has 1 aromatic heterocycles. The molecule has 0 saturated carbocycles. The van der Waals surface area contributed by atoms with Gasteiger partial charge < -0.3 is 5.32 Å². The van der Waals surface area contributed by atoms with Gasteiger partial charge in [0, 0.05) is 30.2 Å². The van der Waals surface area contributed by atoms with Crippen molar-refractivity contribution in [3.8, 4) is 6.07 Å². The lowest BCUT2D eigenvalue weighted by Gasteiger charge is -2.10. The summed E-state index contributed by atoms with van der Waals surface area (Å²) in [5, 5.41) is 16.7. The van der Waals surface area contributed by atoms with Crippen LogP contribution in [-0.2, 0) is 13.6 Å². The van der Waals surface area contributed by atoms with Gasteiger partial charge in [-0.1, -0.05) is 13.0 Å². The van der Waals surface area contributed by atoms with Crippen LogP contribution in [-0.4, -0.2) is 15.5 Å². The highest BCUT2D eigenvalue weighted by atomic mass is 32.2. The summed E-state index contributed by atoms with van der Waals surface area (Å²) >= 11 is 1.69. The summed E-state index contributed by atoms with van der Waals surface area (Å²) in [6.07, 6.45) is 3.79. The third kappa shape index (κ3) is 3.30. The van der Waals surface area contributed by atoms with Crippen molar-refractivity contribution in [1.29, 1.82) is 5.26 Å². The van der Waals surface area contributed by atoms with Crippen LogP contribution in [0.2, 0.25) is 0 Å². The summed E-state index contributed by atoms with van der Waals surface area (Å²) < 4.78 is 1.77. The van der Waals surface area contributed by atoms with Gasteiger partial charge in [0.1, 0.15) is 6.07 Å². The Bertz CT molecular complexity index is 598. The number of nitrogens with zero attached hydrogens (tertiary/aromatic N) is 3. The SMILES string of the molecule is CCSc1cccc(NCc2cnn(C)c2)c1C#N. The van der Waals surface area contributed by atoms with Crippen LogP contribution in [0.3, 0.4) is 0 Å². The third-order valence-corrected chi connectivity index (χ3v) is 3.62. The fourth-order valence-corrected chi connectivity index (χ4v) is 2.62. The van der Waals surface area contributed by atoms with E-state index in [4.69, 9.17) is 0 Å². The molecule has 0 aliphatic rings. The van der Waals surface area contributed by atoms with E-state index in [9.17, 15) is 5.26 Å². The predicted molar refractivity (Wildman–Crippen MR) is 78.1 cm³/mol. The Hall–Kier alpha value is -1.93. The van der Waals surface area contributed by atoms with E-state index in [1.807, 2.05) is 37.6 Å². The van der Waals surface area contributed by atoms with Crippen LogP contribution in [0.1, 0.15) is 18.1 Å². The smallest absolute Gasteiger partial charge is 0.102 e. The van der Waals surface area contributed by atoms with Crippen LogP contribution in [0.4, 0.5) is 5.69 Å². The average molecular weight is 272 g/mol. The van der Waals surface area contributed by atoms with E-state index >= 15 is 0 Å². The predicted octanol–water partition coefficient (Wildman–Crippen LogP) is 3.02. The van der Waals surface area contributed by atoms with Crippen molar-refractivity contribution in [1.82, 2.24) is 9.78 Å². The van der Waals surface area contributed by atoms with Crippen molar-refractivity contribution in [2.45, 2.75) is 18.4 Å². The first kappa shape index (κ1) is 13.5. The molecule has 2 aromatic rings. The minimum atomic E-state index is 0.669. The number of hydrogen-bond donors (Lipinski definition) is 1. The van der Waals surface area contributed by atoms with Gasteiger partial charge in [-0.2, -0.15) is 10.4 Å². The zero-order chi connectivity index (χ0) is 13.7. The lowest BCUT2D eigenvalue weighted by Crippen LogP contribution is -2.01. The van der Waals surface area contributed by atoms with Gasteiger partial charge in [0.05, 0.1) is 17.4 Å². The standard InChI is InChI=1S/C14H16N4S/c1-3-19-14-6-4-5-13(12(14)7-15)16-8-11-9-17-18(2)10-11/h4-6,9-10,16H,3,8H2,1-2H3. The molecule has 19 heavy (non-hydrogen) atoms. The minimum Gasteiger partial charge on any atom is -0.380 e.